The third-order valence-electron chi connectivity index (χ3n) is 2.26. The van der Waals surface area contributed by atoms with E-state index in [1.165, 1.54) is 19.3 Å². The molecule has 58 valence electrons. The second-order valence-electron chi connectivity index (χ2n) is 3.17. The van der Waals surface area contributed by atoms with E-state index in [9.17, 15) is 10.1 Å². The number of nitrogens with zero attached hydrogens (tertiary/aromatic N) is 1. The average Bonchev–Trinajstić information content (AvgIpc) is 1.77. The highest BCUT2D eigenvalue weighted by atomic mass is 16.6. The molecule has 0 radical (unpaired) electrons. The molecule has 1 aliphatic carbocycles. The van der Waals surface area contributed by atoms with E-state index in [0.29, 0.717) is 5.92 Å². The molecule has 1 saturated carbocycles. The topological polar surface area (TPSA) is 43.1 Å². The van der Waals surface area contributed by atoms with Gasteiger partial charge in [-0.1, -0.05) is 19.3 Å². The SMILES string of the molecule is CC(CC1CCC1)[N+](=O)[O-]. The van der Waals surface area contributed by atoms with E-state index in [1.807, 2.05) is 0 Å². The third-order valence-corrected chi connectivity index (χ3v) is 2.26. The van der Waals surface area contributed by atoms with Gasteiger partial charge in [0, 0.05) is 18.3 Å². The van der Waals surface area contributed by atoms with E-state index in [1.54, 1.807) is 6.92 Å². The Morgan fingerprint density at radius 2 is 2.30 bits per heavy atom. The first-order valence-electron chi connectivity index (χ1n) is 3.83. The van der Waals surface area contributed by atoms with E-state index >= 15 is 0 Å². The number of rotatable bonds is 3. The number of hydrogen-bond acceptors (Lipinski definition) is 2. The van der Waals surface area contributed by atoms with Crippen molar-refractivity contribution >= 4 is 0 Å². The van der Waals surface area contributed by atoms with Crippen LogP contribution >= 0.6 is 0 Å². The molecule has 0 N–H and O–H groups in total. The summed E-state index contributed by atoms with van der Waals surface area (Å²) < 4.78 is 0. The van der Waals surface area contributed by atoms with Crippen molar-refractivity contribution in [1.82, 2.24) is 0 Å². The van der Waals surface area contributed by atoms with E-state index < -0.39 is 0 Å². The fourth-order valence-electron chi connectivity index (χ4n) is 1.30. The summed E-state index contributed by atoms with van der Waals surface area (Å²) in [6.45, 7) is 1.69. The molecule has 0 saturated heterocycles. The lowest BCUT2D eigenvalue weighted by atomic mass is 9.81. The quantitative estimate of drug-likeness (QED) is 0.447. The first-order chi connectivity index (χ1) is 4.70. The van der Waals surface area contributed by atoms with Crippen LogP contribution in [-0.2, 0) is 0 Å². The molecular weight excluding hydrogens is 130 g/mol. The average molecular weight is 143 g/mol. The van der Waals surface area contributed by atoms with Crippen molar-refractivity contribution in [3.8, 4) is 0 Å². The lowest BCUT2D eigenvalue weighted by molar-refractivity contribution is -0.520. The maximum absolute atomic E-state index is 10.2. The molecule has 10 heavy (non-hydrogen) atoms. The standard InChI is InChI=1S/C7H13NO2/c1-6(8(9)10)5-7-3-2-4-7/h6-7H,2-5H2,1H3. The van der Waals surface area contributed by atoms with E-state index in [2.05, 4.69) is 0 Å². The van der Waals surface area contributed by atoms with E-state index in [-0.39, 0.29) is 11.0 Å². The highest BCUT2D eigenvalue weighted by Gasteiger charge is 2.24. The Kier molecular flexibility index (Phi) is 2.25. The molecule has 1 fully saturated rings. The van der Waals surface area contributed by atoms with Crippen molar-refractivity contribution in [2.75, 3.05) is 0 Å². The Hall–Kier alpha value is -0.600. The minimum atomic E-state index is -0.328. The molecule has 1 atom stereocenters. The van der Waals surface area contributed by atoms with Crippen LogP contribution in [0.1, 0.15) is 32.6 Å². The molecule has 3 heteroatoms. The van der Waals surface area contributed by atoms with Gasteiger partial charge in [0.25, 0.3) is 0 Å². The van der Waals surface area contributed by atoms with Gasteiger partial charge in [-0.05, 0) is 5.92 Å². The van der Waals surface area contributed by atoms with Crippen LogP contribution in [0.3, 0.4) is 0 Å². The molecule has 0 amide bonds. The fraction of sp³-hybridized carbons (Fsp3) is 1.00. The third kappa shape index (κ3) is 1.69. The van der Waals surface area contributed by atoms with Crippen LogP contribution in [0.15, 0.2) is 0 Å². The van der Waals surface area contributed by atoms with Gasteiger partial charge in [0.2, 0.25) is 6.04 Å². The van der Waals surface area contributed by atoms with Crippen molar-refractivity contribution in [2.24, 2.45) is 5.92 Å². The van der Waals surface area contributed by atoms with Gasteiger partial charge in [0.1, 0.15) is 0 Å². The summed E-state index contributed by atoms with van der Waals surface area (Å²) in [6.07, 6.45) is 4.47. The minimum Gasteiger partial charge on any atom is -0.264 e. The number of nitro groups is 1. The molecule has 0 aliphatic heterocycles. The molecule has 0 bridgehead atoms. The maximum Gasteiger partial charge on any atom is 0.210 e. The van der Waals surface area contributed by atoms with Gasteiger partial charge in [0.05, 0.1) is 0 Å². The Balaban J connectivity index is 2.16. The van der Waals surface area contributed by atoms with Gasteiger partial charge in [-0.15, -0.1) is 0 Å². The smallest absolute Gasteiger partial charge is 0.210 e. The predicted octanol–water partition coefficient (Wildman–Crippen LogP) is 1.84. The second kappa shape index (κ2) is 2.99. The Morgan fingerprint density at radius 3 is 2.60 bits per heavy atom. The molecule has 0 heterocycles. The molecule has 0 spiro atoms. The molecule has 1 aliphatic rings. The van der Waals surface area contributed by atoms with Gasteiger partial charge in [-0.2, -0.15) is 0 Å². The van der Waals surface area contributed by atoms with Crippen LogP contribution < -0.4 is 0 Å². The summed E-state index contributed by atoms with van der Waals surface area (Å²) in [4.78, 5) is 10.00. The summed E-state index contributed by atoms with van der Waals surface area (Å²) in [7, 11) is 0. The molecular formula is C7H13NO2. The van der Waals surface area contributed by atoms with Crippen molar-refractivity contribution in [1.29, 1.82) is 0 Å². The molecule has 0 aromatic rings. The monoisotopic (exact) mass is 143 g/mol. The Bertz CT molecular complexity index is 132. The van der Waals surface area contributed by atoms with Crippen LogP contribution in [0, 0.1) is 16.0 Å². The Labute approximate surface area is 60.6 Å². The zero-order valence-electron chi connectivity index (χ0n) is 6.25. The lowest BCUT2D eigenvalue weighted by Crippen LogP contribution is -2.23. The highest BCUT2D eigenvalue weighted by Crippen LogP contribution is 2.30. The largest absolute Gasteiger partial charge is 0.264 e. The first-order valence-corrected chi connectivity index (χ1v) is 3.83. The van der Waals surface area contributed by atoms with Crippen LogP contribution in [-0.4, -0.2) is 11.0 Å². The van der Waals surface area contributed by atoms with Crippen LogP contribution in [0.5, 0.6) is 0 Å². The summed E-state index contributed by atoms with van der Waals surface area (Å²) in [5, 5.41) is 10.2. The maximum atomic E-state index is 10.2. The van der Waals surface area contributed by atoms with Gasteiger partial charge in [0.15, 0.2) is 0 Å². The first kappa shape index (κ1) is 7.51. The normalized spacial score (nSPS) is 21.7. The molecule has 0 aromatic carbocycles. The van der Waals surface area contributed by atoms with E-state index in [0.717, 1.165) is 6.42 Å². The van der Waals surface area contributed by atoms with Gasteiger partial charge >= 0.3 is 0 Å². The summed E-state index contributed by atoms with van der Waals surface area (Å²) in [5.41, 5.74) is 0. The molecule has 0 aromatic heterocycles. The van der Waals surface area contributed by atoms with Crippen molar-refractivity contribution in [3.63, 3.8) is 0 Å². The summed E-state index contributed by atoms with van der Waals surface area (Å²) >= 11 is 0. The highest BCUT2D eigenvalue weighted by molar-refractivity contribution is 4.71. The van der Waals surface area contributed by atoms with Crippen molar-refractivity contribution in [3.05, 3.63) is 10.1 Å². The predicted molar refractivity (Wildman–Crippen MR) is 38.4 cm³/mol. The lowest BCUT2D eigenvalue weighted by Gasteiger charge is -2.25. The van der Waals surface area contributed by atoms with Gasteiger partial charge in [-0.3, -0.25) is 10.1 Å². The summed E-state index contributed by atoms with van der Waals surface area (Å²) in [5.74, 6) is 0.653. The number of hydrogen-bond donors (Lipinski definition) is 0. The second-order valence-corrected chi connectivity index (χ2v) is 3.17. The Morgan fingerprint density at radius 1 is 1.70 bits per heavy atom. The van der Waals surface area contributed by atoms with Crippen molar-refractivity contribution < 1.29 is 4.92 Å². The van der Waals surface area contributed by atoms with Gasteiger partial charge < -0.3 is 0 Å². The zero-order chi connectivity index (χ0) is 7.56. The minimum absolute atomic E-state index is 0.182. The summed E-state index contributed by atoms with van der Waals surface area (Å²) in [6, 6.07) is -0.328. The molecule has 1 unspecified atom stereocenters. The van der Waals surface area contributed by atoms with Crippen LogP contribution in [0.4, 0.5) is 0 Å². The van der Waals surface area contributed by atoms with Crippen LogP contribution in [0.25, 0.3) is 0 Å². The van der Waals surface area contributed by atoms with Crippen LogP contribution in [0.2, 0.25) is 0 Å². The van der Waals surface area contributed by atoms with E-state index in [4.69, 9.17) is 0 Å². The molecule has 3 nitrogen and oxygen atoms in total. The molecule has 1 rings (SSSR count). The van der Waals surface area contributed by atoms with Crippen molar-refractivity contribution in [2.45, 2.75) is 38.6 Å². The van der Waals surface area contributed by atoms with Gasteiger partial charge in [-0.25, -0.2) is 0 Å². The zero-order valence-corrected chi connectivity index (χ0v) is 6.25. The fourth-order valence-corrected chi connectivity index (χ4v) is 1.30.